The van der Waals surface area contributed by atoms with Crippen LogP contribution in [0.2, 0.25) is 0 Å². The highest BCUT2D eigenvalue weighted by Crippen LogP contribution is 2.21. The molecule has 6 heteroatoms. The highest BCUT2D eigenvalue weighted by atomic mass is 16.4. The van der Waals surface area contributed by atoms with Crippen molar-refractivity contribution in [2.75, 3.05) is 31.1 Å². The van der Waals surface area contributed by atoms with E-state index in [1.54, 1.807) is 6.07 Å². The van der Waals surface area contributed by atoms with E-state index in [4.69, 9.17) is 4.42 Å². The molecule has 0 saturated carbocycles. The minimum atomic E-state index is -0.441. The fourth-order valence-electron chi connectivity index (χ4n) is 3.23. The summed E-state index contributed by atoms with van der Waals surface area (Å²) in [7, 11) is 0. The van der Waals surface area contributed by atoms with Gasteiger partial charge in [0.05, 0.1) is 11.9 Å². The summed E-state index contributed by atoms with van der Waals surface area (Å²) in [6.45, 7) is 2.94. The number of benzene rings is 2. The van der Waals surface area contributed by atoms with Gasteiger partial charge in [-0.2, -0.15) is 0 Å². The summed E-state index contributed by atoms with van der Waals surface area (Å²) in [6, 6.07) is 15.5. The molecule has 1 fully saturated rings. The van der Waals surface area contributed by atoms with Crippen LogP contribution in [0.4, 0.5) is 5.69 Å². The highest BCUT2D eigenvalue weighted by molar-refractivity contribution is 5.80. The van der Waals surface area contributed by atoms with Crippen LogP contribution in [0, 0.1) is 0 Å². The first-order valence-electron chi connectivity index (χ1n) is 8.38. The second-order valence-electron chi connectivity index (χ2n) is 6.23. The number of anilines is 1. The molecule has 0 spiro atoms. The molecular formula is C19H19N3O3. The van der Waals surface area contributed by atoms with Crippen molar-refractivity contribution in [3.05, 3.63) is 64.6 Å². The summed E-state index contributed by atoms with van der Waals surface area (Å²) in [4.78, 5) is 30.5. The Hall–Kier alpha value is -3.02. The number of oxazole rings is 1. The third-order valence-electron chi connectivity index (χ3n) is 4.60. The minimum absolute atomic E-state index is 0.167. The molecule has 0 aliphatic carbocycles. The van der Waals surface area contributed by atoms with Gasteiger partial charge in [-0.1, -0.05) is 30.3 Å². The van der Waals surface area contributed by atoms with Crippen molar-refractivity contribution in [2.24, 2.45) is 0 Å². The molecule has 1 amide bonds. The molecule has 1 aliphatic heterocycles. The average Bonchev–Trinajstić information content (AvgIpc) is 3.02. The predicted octanol–water partition coefficient (Wildman–Crippen LogP) is 2.01. The molecule has 1 saturated heterocycles. The summed E-state index contributed by atoms with van der Waals surface area (Å²) < 4.78 is 5.03. The molecule has 2 aromatic carbocycles. The van der Waals surface area contributed by atoms with E-state index in [9.17, 15) is 9.59 Å². The molecule has 0 radical (unpaired) electrons. The van der Waals surface area contributed by atoms with Gasteiger partial charge in [-0.3, -0.25) is 9.78 Å². The van der Waals surface area contributed by atoms with Gasteiger partial charge in [0.25, 0.3) is 0 Å². The number of carbonyl (C=O) groups excluding carboxylic acids is 1. The van der Waals surface area contributed by atoms with Gasteiger partial charge in [0.15, 0.2) is 5.58 Å². The third-order valence-corrected chi connectivity index (χ3v) is 4.60. The first-order chi connectivity index (χ1) is 12.2. The number of rotatable bonds is 3. The van der Waals surface area contributed by atoms with Crippen LogP contribution in [-0.2, 0) is 11.2 Å². The van der Waals surface area contributed by atoms with Crippen LogP contribution >= 0.6 is 0 Å². The summed E-state index contributed by atoms with van der Waals surface area (Å²) in [5.74, 6) is -0.274. The van der Waals surface area contributed by atoms with E-state index in [1.807, 2.05) is 47.4 Å². The highest BCUT2D eigenvalue weighted by Gasteiger charge is 2.21. The van der Waals surface area contributed by atoms with Crippen molar-refractivity contribution in [3.63, 3.8) is 0 Å². The molecule has 1 N–H and O–H groups in total. The Balaban J connectivity index is 1.40. The monoisotopic (exact) mass is 337 g/mol. The van der Waals surface area contributed by atoms with Crippen LogP contribution in [0.5, 0.6) is 0 Å². The van der Waals surface area contributed by atoms with E-state index in [0.29, 0.717) is 30.6 Å². The molecule has 4 rings (SSSR count). The van der Waals surface area contributed by atoms with E-state index in [2.05, 4.69) is 9.88 Å². The molecule has 1 aromatic heterocycles. The number of fused-ring (bicyclic) bond motifs is 1. The number of carbonyl (C=O) groups is 1. The van der Waals surface area contributed by atoms with Gasteiger partial charge < -0.3 is 14.2 Å². The van der Waals surface area contributed by atoms with Gasteiger partial charge in [-0.05, 0) is 23.8 Å². The van der Waals surface area contributed by atoms with E-state index >= 15 is 0 Å². The Labute approximate surface area is 144 Å². The van der Waals surface area contributed by atoms with Crippen molar-refractivity contribution >= 4 is 22.7 Å². The minimum Gasteiger partial charge on any atom is -0.408 e. The quantitative estimate of drug-likeness (QED) is 0.794. The normalized spacial score (nSPS) is 14.9. The van der Waals surface area contributed by atoms with Gasteiger partial charge in [-0.15, -0.1) is 0 Å². The fourth-order valence-corrected chi connectivity index (χ4v) is 3.23. The van der Waals surface area contributed by atoms with Crippen molar-refractivity contribution in [3.8, 4) is 0 Å². The zero-order valence-electron chi connectivity index (χ0n) is 13.8. The number of aromatic amines is 1. The van der Waals surface area contributed by atoms with E-state index < -0.39 is 5.76 Å². The van der Waals surface area contributed by atoms with Crippen LogP contribution in [0.3, 0.4) is 0 Å². The van der Waals surface area contributed by atoms with Crippen molar-refractivity contribution in [1.29, 1.82) is 0 Å². The number of piperazine rings is 1. The van der Waals surface area contributed by atoms with Crippen molar-refractivity contribution < 1.29 is 9.21 Å². The predicted molar refractivity (Wildman–Crippen MR) is 95.8 cm³/mol. The topological polar surface area (TPSA) is 69.6 Å². The molecule has 2 heterocycles. The van der Waals surface area contributed by atoms with Crippen LogP contribution in [-0.4, -0.2) is 42.0 Å². The summed E-state index contributed by atoms with van der Waals surface area (Å²) >= 11 is 0. The second kappa shape index (κ2) is 6.47. The summed E-state index contributed by atoms with van der Waals surface area (Å²) in [6.07, 6.45) is 0.447. The van der Waals surface area contributed by atoms with Gasteiger partial charge in [0.2, 0.25) is 5.91 Å². The number of H-pyrrole nitrogens is 1. The lowest BCUT2D eigenvalue weighted by molar-refractivity contribution is -0.130. The first-order valence-corrected chi connectivity index (χ1v) is 8.38. The Kier molecular flexibility index (Phi) is 4.01. The molecule has 0 atom stereocenters. The number of aromatic nitrogens is 1. The second-order valence-corrected chi connectivity index (χ2v) is 6.23. The molecule has 6 nitrogen and oxygen atoms in total. The van der Waals surface area contributed by atoms with Crippen molar-refractivity contribution in [1.82, 2.24) is 9.88 Å². The largest absolute Gasteiger partial charge is 0.417 e. The van der Waals surface area contributed by atoms with Crippen LogP contribution in [0.1, 0.15) is 5.56 Å². The Morgan fingerprint density at radius 2 is 1.80 bits per heavy atom. The van der Waals surface area contributed by atoms with E-state index in [0.717, 1.165) is 24.3 Å². The standard InChI is InChI=1S/C19H19N3O3/c23-18(12-14-4-2-1-3-5-14)22-10-8-21(9-11-22)15-6-7-17-16(13-15)20-19(24)25-17/h1-7,13H,8-12H2,(H,20,24). The first kappa shape index (κ1) is 15.5. The zero-order chi connectivity index (χ0) is 17.2. The SMILES string of the molecule is O=C(Cc1ccccc1)N1CCN(c2ccc3oc(=O)[nH]c3c2)CC1. The lowest BCUT2D eigenvalue weighted by Gasteiger charge is -2.36. The maximum absolute atomic E-state index is 12.4. The number of hydrogen-bond acceptors (Lipinski definition) is 4. The fraction of sp³-hybridized carbons (Fsp3) is 0.263. The van der Waals surface area contributed by atoms with Gasteiger partial charge in [-0.25, -0.2) is 4.79 Å². The van der Waals surface area contributed by atoms with E-state index in [1.165, 1.54) is 0 Å². The Morgan fingerprint density at radius 1 is 1.04 bits per heavy atom. The lowest BCUT2D eigenvalue weighted by atomic mass is 10.1. The third kappa shape index (κ3) is 3.28. The number of amides is 1. The van der Waals surface area contributed by atoms with Crippen LogP contribution in [0.25, 0.3) is 11.1 Å². The lowest BCUT2D eigenvalue weighted by Crippen LogP contribution is -2.49. The van der Waals surface area contributed by atoms with Gasteiger partial charge in [0, 0.05) is 31.9 Å². The maximum Gasteiger partial charge on any atom is 0.417 e. The van der Waals surface area contributed by atoms with Crippen LogP contribution < -0.4 is 10.7 Å². The van der Waals surface area contributed by atoms with Crippen LogP contribution in [0.15, 0.2) is 57.7 Å². The summed E-state index contributed by atoms with van der Waals surface area (Å²) in [5, 5.41) is 0. The molecule has 0 unspecified atom stereocenters. The Morgan fingerprint density at radius 3 is 2.56 bits per heavy atom. The van der Waals surface area contributed by atoms with E-state index in [-0.39, 0.29) is 5.91 Å². The number of hydrogen-bond donors (Lipinski definition) is 1. The van der Waals surface area contributed by atoms with Gasteiger partial charge >= 0.3 is 5.76 Å². The smallest absolute Gasteiger partial charge is 0.408 e. The van der Waals surface area contributed by atoms with Crippen molar-refractivity contribution in [2.45, 2.75) is 6.42 Å². The molecule has 3 aromatic rings. The molecular weight excluding hydrogens is 318 g/mol. The van der Waals surface area contributed by atoms with Gasteiger partial charge in [0.1, 0.15) is 0 Å². The number of nitrogens with one attached hydrogen (secondary N) is 1. The Bertz CT molecular complexity index is 937. The number of nitrogens with zero attached hydrogens (tertiary/aromatic N) is 2. The maximum atomic E-state index is 12.4. The average molecular weight is 337 g/mol. The zero-order valence-corrected chi connectivity index (χ0v) is 13.8. The molecule has 128 valence electrons. The molecule has 25 heavy (non-hydrogen) atoms. The molecule has 1 aliphatic rings. The summed E-state index contributed by atoms with van der Waals surface area (Å²) in [5.41, 5.74) is 3.33. The molecule has 0 bridgehead atoms.